The van der Waals surface area contributed by atoms with Crippen LogP contribution < -0.4 is 10.2 Å². The van der Waals surface area contributed by atoms with Crippen LogP contribution >= 0.6 is 11.3 Å². The van der Waals surface area contributed by atoms with Gasteiger partial charge in [0.05, 0.1) is 16.8 Å². The number of anilines is 1. The predicted molar refractivity (Wildman–Crippen MR) is 113 cm³/mol. The van der Waals surface area contributed by atoms with Gasteiger partial charge in [0.25, 0.3) is 5.91 Å². The minimum Gasteiger partial charge on any atom is -0.378 e. The highest BCUT2D eigenvalue weighted by Gasteiger charge is 2.31. The minimum atomic E-state index is -0.490. The molecule has 7 heteroatoms. The van der Waals surface area contributed by atoms with Gasteiger partial charge < -0.3 is 10.2 Å². The molecule has 0 unspecified atom stereocenters. The number of rotatable bonds is 4. The fourth-order valence-corrected chi connectivity index (χ4v) is 3.75. The Kier molecular flexibility index (Phi) is 5.60. The molecule has 29 heavy (non-hydrogen) atoms. The van der Waals surface area contributed by atoms with Crippen molar-refractivity contribution in [1.29, 1.82) is 15.8 Å². The second kappa shape index (κ2) is 8.27. The summed E-state index contributed by atoms with van der Waals surface area (Å²) in [6, 6.07) is 17.1. The number of thiophene rings is 1. The molecular weight excluding hydrogens is 382 g/mol. The first-order valence-corrected chi connectivity index (χ1v) is 9.36. The van der Waals surface area contributed by atoms with Crippen LogP contribution in [0.1, 0.15) is 15.3 Å². The summed E-state index contributed by atoms with van der Waals surface area (Å²) in [5.41, 5.74) is 2.04. The van der Waals surface area contributed by atoms with E-state index in [2.05, 4.69) is 5.32 Å². The lowest BCUT2D eigenvalue weighted by Gasteiger charge is -2.11. The number of nitrogens with zero attached hydrogens (tertiary/aromatic N) is 4. The Bertz CT molecular complexity index is 1180. The van der Waals surface area contributed by atoms with E-state index >= 15 is 0 Å². The first kappa shape index (κ1) is 19.6. The first-order valence-electron chi connectivity index (χ1n) is 8.54. The SMILES string of the molecule is CN(C)c1ccc(/C=C/c2ccc(C3=C(C#N)C(=C(C#N)C#N)NC3=O)s2)cc1. The van der Waals surface area contributed by atoms with E-state index in [1.165, 1.54) is 11.3 Å². The van der Waals surface area contributed by atoms with Crippen molar-refractivity contribution >= 4 is 40.7 Å². The lowest BCUT2D eigenvalue weighted by atomic mass is 10.1. The summed E-state index contributed by atoms with van der Waals surface area (Å²) in [6.45, 7) is 0. The highest BCUT2D eigenvalue weighted by molar-refractivity contribution is 7.14. The molecule has 0 aliphatic carbocycles. The number of carbonyl (C=O) groups is 1. The van der Waals surface area contributed by atoms with Crippen molar-refractivity contribution < 1.29 is 4.79 Å². The summed E-state index contributed by atoms with van der Waals surface area (Å²) in [6.07, 6.45) is 3.91. The van der Waals surface area contributed by atoms with Crippen LogP contribution in [0.3, 0.4) is 0 Å². The molecule has 1 aliphatic heterocycles. The van der Waals surface area contributed by atoms with Crippen LogP contribution in [-0.2, 0) is 4.79 Å². The molecule has 1 aromatic carbocycles. The van der Waals surface area contributed by atoms with Gasteiger partial charge in [0.1, 0.15) is 18.2 Å². The topological polar surface area (TPSA) is 104 Å². The standard InChI is InChI=1S/C22H15N5OS/c1-27(2)16-6-3-14(4-7-16)5-8-17-9-10-19(29-17)20-18(13-25)21(26-22(20)28)15(11-23)12-24/h3-10H,1-2H3,(H,26,28)/b8-5+. The van der Waals surface area contributed by atoms with Crippen molar-refractivity contribution in [2.45, 2.75) is 0 Å². The smallest absolute Gasteiger partial charge is 0.258 e. The summed E-state index contributed by atoms with van der Waals surface area (Å²) < 4.78 is 0. The lowest BCUT2D eigenvalue weighted by molar-refractivity contribution is -0.114. The van der Waals surface area contributed by atoms with Gasteiger partial charge in [0, 0.05) is 29.5 Å². The Morgan fingerprint density at radius 2 is 1.72 bits per heavy atom. The Morgan fingerprint density at radius 3 is 2.31 bits per heavy atom. The van der Waals surface area contributed by atoms with E-state index < -0.39 is 5.91 Å². The fraction of sp³-hybridized carbons (Fsp3) is 0.0909. The summed E-state index contributed by atoms with van der Waals surface area (Å²) in [4.78, 5) is 15.9. The van der Waals surface area contributed by atoms with Crippen molar-refractivity contribution in [3.8, 4) is 18.2 Å². The maximum Gasteiger partial charge on any atom is 0.258 e. The normalized spacial score (nSPS) is 13.1. The van der Waals surface area contributed by atoms with Gasteiger partial charge in [-0.2, -0.15) is 15.8 Å². The Labute approximate surface area is 172 Å². The number of nitriles is 3. The molecule has 0 saturated heterocycles. The first-order chi connectivity index (χ1) is 14.0. The third-order valence-corrected chi connectivity index (χ3v) is 5.34. The molecule has 0 radical (unpaired) electrons. The van der Waals surface area contributed by atoms with E-state index in [-0.39, 0.29) is 22.4 Å². The van der Waals surface area contributed by atoms with Gasteiger partial charge in [-0.3, -0.25) is 4.79 Å². The average molecular weight is 397 g/mol. The summed E-state index contributed by atoms with van der Waals surface area (Å²) in [5.74, 6) is -0.490. The minimum absolute atomic E-state index is 0.0183. The fourth-order valence-electron chi connectivity index (χ4n) is 2.79. The Balaban J connectivity index is 1.91. The average Bonchev–Trinajstić information content (AvgIpc) is 3.31. The number of nitrogens with one attached hydrogen (secondary N) is 1. The molecule has 0 saturated carbocycles. The number of allylic oxidation sites excluding steroid dienone is 2. The zero-order valence-electron chi connectivity index (χ0n) is 15.7. The van der Waals surface area contributed by atoms with Gasteiger partial charge in [-0.15, -0.1) is 11.3 Å². The van der Waals surface area contributed by atoms with Gasteiger partial charge in [-0.05, 0) is 35.9 Å². The maximum absolute atomic E-state index is 12.4. The van der Waals surface area contributed by atoms with Crippen LogP contribution in [0.25, 0.3) is 17.7 Å². The van der Waals surface area contributed by atoms with Gasteiger partial charge in [0.15, 0.2) is 5.57 Å². The number of benzene rings is 1. The van der Waals surface area contributed by atoms with Gasteiger partial charge in [-0.1, -0.05) is 18.2 Å². The quantitative estimate of drug-likeness (QED) is 0.793. The Morgan fingerprint density at radius 1 is 1.03 bits per heavy atom. The lowest BCUT2D eigenvalue weighted by Crippen LogP contribution is -2.16. The molecular formula is C22H15N5OS. The number of hydrogen-bond donors (Lipinski definition) is 1. The second-order valence-corrected chi connectivity index (χ2v) is 7.43. The highest BCUT2D eigenvalue weighted by Crippen LogP contribution is 2.34. The van der Waals surface area contributed by atoms with E-state index in [1.807, 2.05) is 67.5 Å². The molecule has 1 aromatic heterocycles. The molecule has 1 amide bonds. The highest BCUT2D eigenvalue weighted by atomic mass is 32.1. The number of amides is 1. The maximum atomic E-state index is 12.4. The zero-order chi connectivity index (χ0) is 21.0. The van der Waals surface area contributed by atoms with Crippen molar-refractivity contribution in [2.24, 2.45) is 0 Å². The summed E-state index contributed by atoms with van der Waals surface area (Å²) >= 11 is 1.36. The molecule has 1 N–H and O–H groups in total. The van der Waals surface area contributed by atoms with Crippen molar-refractivity contribution in [1.82, 2.24) is 5.32 Å². The van der Waals surface area contributed by atoms with E-state index in [1.54, 1.807) is 18.2 Å². The largest absolute Gasteiger partial charge is 0.378 e. The van der Waals surface area contributed by atoms with E-state index in [9.17, 15) is 10.1 Å². The zero-order valence-corrected chi connectivity index (χ0v) is 16.5. The van der Waals surface area contributed by atoms with Gasteiger partial charge in [0.2, 0.25) is 0 Å². The van der Waals surface area contributed by atoms with E-state index in [4.69, 9.17) is 10.5 Å². The molecule has 3 rings (SSSR count). The molecule has 0 fully saturated rings. The van der Waals surface area contributed by atoms with Crippen molar-refractivity contribution in [2.75, 3.05) is 19.0 Å². The third-order valence-electron chi connectivity index (χ3n) is 4.27. The number of carbonyl (C=O) groups excluding carboxylic acids is 1. The van der Waals surface area contributed by atoms with Crippen LogP contribution in [0.15, 0.2) is 53.2 Å². The molecule has 0 spiro atoms. The van der Waals surface area contributed by atoms with Crippen LogP contribution in [0, 0.1) is 34.0 Å². The second-order valence-electron chi connectivity index (χ2n) is 6.31. The van der Waals surface area contributed by atoms with Crippen LogP contribution in [0.4, 0.5) is 5.69 Å². The molecule has 2 heterocycles. The van der Waals surface area contributed by atoms with Crippen molar-refractivity contribution in [3.05, 3.63) is 68.6 Å². The van der Waals surface area contributed by atoms with Crippen LogP contribution in [0.5, 0.6) is 0 Å². The van der Waals surface area contributed by atoms with E-state index in [0.717, 1.165) is 16.1 Å². The summed E-state index contributed by atoms with van der Waals surface area (Å²) in [7, 11) is 3.97. The summed E-state index contributed by atoms with van der Waals surface area (Å²) in [5, 5.41) is 30.1. The van der Waals surface area contributed by atoms with E-state index in [0.29, 0.717) is 4.88 Å². The molecule has 6 nitrogen and oxygen atoms in total. The predicted octanol–water partition coefficient (Wildman–Crippen LogP) is 3.69. The monoisotopic (exact) mass is 397 g/mol. The Hall–Kier alpha value is -4.12. The van der Waals surface area contributed by atoms with Crippen LogP contribution in [-0.4, -0.2) is 20.0 Å². The van der Waals surface area contributed by atoms with Crippen LogP contribution in [0.2, 0.25) is 0 Å². The van der Waals surface area contributed by atoms with Gasteiger partial charge in [-0.25, -0.2) is 0 Å². The molecule has 140 valence electrons. The van der Waals surface area contributed by atoms with Crippen molar-refractivity contribution in [3.63, 3.8) is 0 Å². The molecule has 2 aromatic rings. The molecule has 0 bridgehead atoms. The molecule has 1 aliphatic rings. The van der Waals surface area contributed by atoms with Gasteiger partial charge >= 0.3 is 0 Å². The number of hydrogen-bond acceptors (Lipinski definition) is 6. The third kappa shape index (κ3) is 3.94. The molecule has 0 atom stereocenters.